The zero-order valence-electron chi connectivity index (χ0n) is 12.2. The van der Waals surface area contributed by atoms with Gasteiger partial charge in [0.1, 0.15) is 0 Å². The molecule has 112 valence electrons. The Bertz CT molecular complexity index is 437. The molecule has 0 aliphatic heterocycles. The van der Waals surface area contributed by atoms with Gasteiger partial charge >= 0.3 is 5.69 Å². The maximum Gasteiger partial charge on any atom is 0.311 e. The van der Waals surface area contributed by atoms with Gasteiger partial charge in [-0.15, -0.1) is 0 Å². The third kappa shape index (κ3) is 5.05. The number of rotatable bonds is 9. The van der Waals surface area contributed by atoms with Gasteiger partial charge in [0, 0.05) is 31.5 Å². The van der Waals surface area contributed by atoms with Gasteiger partial charge in [0.25, 0.3) is 0 Å². The maximum atomic E-state index is 10.9. The van der Waals surface area contributed by atoms with E-state index in [4.69, 9.17) is 9.47 Å². The monoisotopic (exact) mass is 282 g/mol. The van der Waals surface area contributed by atoms with E-state index in [0.717, 1.165) is 18.7 Å². The molecule has 1 N–H and O–H groups in total. The summed E-state index contributed by atoms with van der Waals surface area (Å²) >= 11 is 0. The number of benzene rings is 1. The number of anilines is 1. The van der Waals surface area contributed by atoms with Gasteiger partial charge in [-0.05, 0) is 18.4 Å². The second kappa shape index (κ2) is 8.37. The molecule has 0 radical (unpaired) electrons. The minimum Gasteiger partial charge on any atom is -0.487 e. The quantitative estimate of drug-likeness (QED) is 0.556. The van der Waals surface area contributed by atoms with E-state index in [2.05, 4.69) is 12.2 Å². The molecule has 0 aromatic heterocycles. The van der Waals surface area contributed by atoms with E-state index in [1.165, 1.54) is 6.07 Å². The molecule has 0 spiro atoms. The average molecular weight is 282 g/mol. The second-order valence-electron chi connectivity index (χ2n) is 4.73. The molecule has 0 aliphatic carbocycles. The van der Waals surface area contributed by atoms with Crippen LogP contribution in [0.3, 0.4) is 0 Å². The van der Waals surface area contributed by atoms with Gasteiger partial charge in [-0.1, -0.05) is 13.8 Å². The summed E-state index contributed by atoms with van der Waals surface area (Å²) in [5, 5.41) is 14.2. The molecule has 0 bridgehead atoms. The maximum absolute atomic E-state index is 10.9. The molecule has 0 saturated heterocycles. The van der Waals surface area contributed by atoms with Gasteiger partial charge < -0.3 is 14.8 Å². The predicted molar refractivity (Wildman–Crippen MR) is 78.4 cm³/mol. The lowest BCUT2D eigenvalue weighted by atomic mass is 10.2. The van der Waals surface area contributed by atoms with Crippen LogP contribution in [0.4, 0.5) is 11.4 Å². The van der Waals surface area contributed by atoms with Gasteiger partial charge in [-0.2, -0.15) is 0 Å². The van der Waals surface area contributed by atoms with Crippen molar-refractivity contribution >= 4 is 11.4 Å². The summed E-state index contributed by atoms with van der Waals surface area (Å²) < 4.78 is 10.5. The Hall–Kier alpha value is -1.82. The van der Waals surface area contributed by atoms with Gasteiger partial charge in [0.15, 0.2) is 5.75 Å². The van der Waals surface area contributed by atoms with Crippen molar-refractivity contribution in [3.8, 4) is 5.75 Å². The molecule has 6 nitrogen and oxygen atoms in total. The third-order valence-corrected chi connectivity index (χ3v) is 2.72. The van der Waals surface area contributed by atoms with E-state index in [0.29, 0.717) is 24.9 Å². The lowest BCUT2D eigenvalue weighted by molar-refractivity contribution is -0.385. The van der Waals surface area contributed by atoms with Crippen LogP contribution < -0.4 is 10.1 Å². The number of hydrogen-bond acceptors (Lipinski definition) is 5. The smallest absolute Gasteiger partial charge is 0.311 e. The predicted octanol–water partition coefficient (Wildman–Crippen LogP) is 3.08. The Balaban J connectivity index is 2.75. The molecule has 0 amide bonds. The van der Waals surface area contributed by atoms with Gasteiger partial charge in [0.05, 0.1) is 18.1 Å². The molecule has 0 fully saturated rings. The molecule has 1 atom stereocenters. The summed E-state index contributed by atoms with van der Waals surface area (Å²) in [7, 11) is 1.67. The summed E-state index contributed by atoms with van der Waals surface area (Å²) in [6, 6.07) is 4.83. The number of methoxy groups -OCH3 is 1. The molecule has 0 saturated carbocycles. The fourth-order valence-corrected chi connectivity index (χ4v) is 1.74. The molecule has 1 aromatic rings. The van der Waals surface area contributed by atoms with Crippen LogP contribution in [-0.2, 0) is 4.74 Å². The number of hydrogen-bond donors (Lipinski definition) is 1. The highest BCUT2D eigenvalue weighted by atomic mass is 16.6. The number of nitro groups is 1. The zero-order valence-corrected chi connectivity index (χ0v) is 12.2. The topological polar surface area (TPSA) is 73.6 Å². The van der Waals surface area contributed by atoms with Gasteiger partial charge in [-0.25, -0.2) is 0 Å². The fourth-order valence-electron chi connectivity index (χ4n) is 1.74. The zero-order chi connectivity index (χ0) is 15.0. The average Bonchev–Trinajstić information content (AvgIpc) is 2.43. The first-order chi connectivity index (χ1) is 9.58. The highest BCUT2D eigenvalue weighted by molar-refractivity contribution is 5.58. The summed E-state index contributed by atoms with van der Waals surface area (Å²) in [5.74, 6) is 0.663. The Labute approximate surface area is 119 Å². The second-order valence-corrected chi connectivity index (χ2v) is 4.73. The minimum absolute atomic E-state index is 0.00561. The molecule has 1 aromatic carbocycles. The van der Waals surface area contributed by atoms with Crippen LogP contribution in [-0.4, -0.2) is 31.8 Å². The number of nitro benzene ring substituents is 1. The Morgan fingerprint density at radius 3 is 2.80 bits per heavy atom. The molecular formula is C14H22N2O4. The van der Waals surface area contributed by atoms with Crippen molar-refractivity contribution in [3.63, 3.8) is 0 Å². The Kier molecular flexibility index (Phi) is 6.79. The summed E-state index contributed by atoms with van der Waals surface area (Å²) in [5.41, 5.74) is 0.804. The number of nitrogens with one attached hydrogen (secondary N) is 1. The first kappa shape index (κ1) is 16.2. The first-order valence-electron chi connectivity index (χ1n) is 6.72. The minimum atomic E-state index is -0.428. The van der Waals surface area contributed by atoms with Crippen molar-refractivity contribution < 1.29 is 14.4 Å². The van der Waals surface area contributed by atoms with Gasteiger partial charge in [0.2, 0.25) is 0 Å². The normalized spacial score (nSPS) is 11.9. The van der Waals surface area contributed by atoms with Crippen molar-refractivity contribution in [1.29, 1.82) is 0 Å². The van der Waals surface area contributed by atoms with Crippen molar-refractivity contribution in [2.24, 2.45) is 5.92 Å². The largest absolute Gasteiger partial charge is 0.487 e. The molecule has 1 unspecified atom stereocenters. The Morgan fingerprint density at radius 2 is 2.20 bits per heavy atom. The highest BCUT2D eigenvalue weighted by Crippen LogP contribution is 2.30. The highest BCUT2D eigenvalue weighted by Gasteiger charge is 2.15. The van der Waals surface area contributed by atoms with Crippen molar-refractivity contribution in [1.82, 2.24) is 0 Å². The SMILES string of the molecule is CCCOc1cc(NCC(C)COC)ccc1[N+](=O)[O-]. The van der Waals surface area contributed by atoms with Crippen LogP contribution in [0.5, 0.6) is 5.75 Å². The number of nitrogens with zero attached hydrogens (tertiary/aromatic N) is 1. The van der Waals surface area contributed by atoms with E-state index < -0.39 is 4.92 Å². The molecular weight excluding hydrogens is 260 g/mol. The molecule has 1 rings (SSSR count). The third-order valence-electron chi connectivity index (χ3n) is 2.72. The van der Waals surface area contributed by atoms with Crippen LogP contribution in [0.2, 0.25) is 0 Å². The van der Waals surface area contributed by atoms with E-state index in [1.54, 1.807) is 19.2 Å². The van der Waals surface area contributed by atoms with E-state index in [-0.39, 0.29) is 5.69 Å². The van der Waals surface area contributed by atoms with Crippen LogP contribution in [0, 0.1) is 16.0 Å². The van der Waals surface area contributed by atoms with Crippen LogP contribution in [0.25, 0.3) is 0 Å². The molecule has 0 heterocycles. The van der Waals surface area contributed by atoms with E-state index in [9.17, 15) is 10.1 Å². The summed E-state index contributed by atoms with van der Waals surface area (Å²) in [4.78, 5) is 10.5. The van der Waals surface area contributed by atoms with Crippen molar-refractivity contribution in [2.75, 3.05) is 32.2 Å². The fraction of sp³-hybridized carbons (Fsp3) is 0.571. The van der Waals surface area contributed by atoms with Gasteiger partial charge in [-0.3, -0.25) is 10.1 Å². The number of ether oxygens (including phenoxy) is 2. The molecule has 20 heavy (non-hydrogen) atoms. The van der Waals surface area contributed by atoms with E-state index in [1.807, 2.05) is 6.92 Å². The Morgan fingerprint density at radius 1 is 1.45 bits per heavy atom. The van der Waals surface area contributed by atoms with Crippen molar-refractivity contribution in [2.45, 2.75) is 20.3 Å². The molecule has 0 aliphatic rings. The lowest BCUT2D eigenvalue weighted by Crippen LogP contribution is -2.15. The van der Waals surface area contributed by atoms with Crippen LogP contribution in [0.1, 0.15) is 20.3 Å². The van der Waals surface area contributed by atoms with E-state index >= 15 is 0 Å². The molecule has 6 heteroatoms. The summed E-state index contributed by atoms with van der Waals surface area (Å²) in [6.07, 6.45) is 0.805. The lowest BCUT2D eigenvalue weighted by Gasteiger charge is -2.13. The van der Waals surface area contributed by atoms with Crippen LogP contribution >= 0.6 is 0 Å². The van der Waals surface area contributed by atoms with Crippen molar-refractivity contribution in [3.05, 3.63) is 28.3 Å². The first-order valence-corrected chi connectivity index (χ1v) is 6.72. The summed E-state index contributed by atoms with van der Waals surface area (Å²) in [6.45, 7) is 5.89. The van der Waals surface area contributed by atoms with Crippen LogP contribution in [0.15, 0.2) is 18.2 Å². The standard InChI is InChI=1S/C14H22N2O4/c1-4-7-20-14-8-12(5-6-13(14)16(17)18)15-9-11(2)10-19-3/h5-6,8,11,15H,4,7,9-10H2,1-3H3.